The molecule has 0 spiro atoms. The molecule has 3 nitrogen and oxygen atoms in total. The minimum absolute atomic E-state index is 0.936. The molecule has 162 valence electrons. The van der Waals surface area contributed by atoms with Crippen molar-refractivity contribution in [3.8, 4) is 0 Å². The maximum atomic E-state index is 5.46. The van der Waals surface area contributed by atoms with Gasteiger partial charge in [0.2, 0.25) is 0 Å². The Morgan fingerprint density at radius 2 is 0.815 bits per heavy atom. The predicted molar refractivity (Wildman–Crippen MR) is 120 cm³/mol. The van der Waals surface area contributed by atoms with Crippen LogP contribution in [0.4, 0.5) is 0 Å². The maximum absolute atomic E-state index is 5.46. The van der Waals surface area contributed by atoms with E-state index in [2.05, 4.69) is 6.58 Å². The van der Waals surface area contributed by atoms with E-state index in [4.69, 9.17) is 13.3 Å². The third-order valence-electron chi connectivity index (χ3n) is 5.57. The number of unbranched alkanes of at least 4 members (excludes halogenated alkanes) is 16. The molecule has 0 aromatic rings. The first-order valence-electron chi connectivity index (χ1n) is 11.5. The normalized spacial score (nSPS) is 11.8. The average Bonchev–Trinajstić information content (AvgIpc) is 2.70. The highest BCUT2D eigenvalue weighted by Gasteiger charge is 2.36. The van der Waals surface area contributed by atoms with E-state index < -0.39 is 8.80 Å². The molecule has 4 heteroatoms. The molecule has 0 atom stereocenters. The minimum Gasteiger partial charge on any atom is -0.377 e. The minimum atomic E-state index is -2.33. The lowest BCUT2D eigenvalue weighted by atomic mass is 10.0. The van der Waals surface area contributed by atoms with Gasteiger partial charge >= 0.3 is 8.80 Å². The molecule has 0 saturated heterocycles. The summed E-state index contributed by atoms with van der Waals surface area (Å²) in [5.41, 5.74) is 0. The fourth-order valence-electron chi connectivity index (χ4n) is 3.66. The monoisotopic (exact) mass is 400 g/mol. The number of hydrogen-bond donors (Lipinski definition) is 0. The van der Waals surface area contributed by atoms with Crippen molar-refractivity contribution in [1.29, 1.82) is 0 Å². The molecule has 0 fully saturated rings. The van der Waals surface area contributed by atoms with Gasteiger partial charge in [-0.25, -0.2) is 0 Å². The SMILES string of the molecule is C=CCCCCCCCCCCCCCCCCCC[Si](OC)(OC)OC. The molecule has 0 aliphatic carbocycles. The lowest BCUT2D eigenvalue weighted by Gasteiger charge is -2.24. The van der Waals surface area contributed by atoms with Gasteiger partial charge in [0.15, 0.2) is 0 Å². The standard InChI is InChI=1S/C23H48O3Si/c1-5-6-7-8-9-10-11-12-13-14-15-16-17-18-19-20-21-22-23-27(24-2,25-3)26-4/h5H,1,6-23H2,2-4H3. The molecule has 0 aromatic carbocycles. The van der Waals surface area contributed by atoms with Crippen LogP contribution in [0.15, 0.2) is 12.7 Å². The third kappa shape index (κ3) is 16.5. The highest BCUT2D eigenvalue weighted by atomic mass is 28.4. The van der Waals surface area contributed by atoms with Crippen LogP contribution in [0.2, 0.25) is 6.04 Å². The number of allylic oxidation sites excluding steroid dienone is 1. The fourth-order valence-corrected chi connectivity index (χ4v) is 5.46. The van der Waals surface area contributed by atoms with Crippen LogP contribution in [0.25, 0.3) is 0 Å². The summed E-state index contributed by atoms with van der Waals surface area (Å²) in [6.45, 7) is 3.78. The molecular formula is C23H48O3Si. The van der Waals surface area contributed by atoms with E-state index in [-0.39, 0.29) is 0 Å². The molecule has 0 aromatic heterocycles. The molecule has 0 heterocycles. The molecule has 0 bridgehead atoms. The zero-order chi connectivity index (χ0) is 20.1. The Hall–Kier alpha value is -0.163. The van der Waals surface area contributed by atoms with Gasteiger partial charge in [0, 0.05) is 27.4 Å². The average molecular weight is 401 g/mol. The zero-order valence-electron chi connectivity index (χ0n) is 18.7. The van der Waals surface area contributed by atoms with Gasteiger partial charge in [-0.3, -0.25) is 0 Å². The summed E-state index contributed by atoms with van der Waals surface area (Å²) >= 11 is 0. The Labute approximate surface area is 171 Å². The van der Waals surface area contributed by atoms with Gasteiger partial charge in [-0.05, 0) is 19.3 Å². The van der Waals surface area contributed by atoms with Crippen molar-refractivity contribution in [3.63, 3.8) is 0 Å². The van der Waals surface area contributed by atoms with E-state index in [1.165, 1.54) is 103 Å². The summed E-state index contributed by atoms with van der Waals surface area (Å²) in [6, 6.07) is 0.936. The van der Waals surface area contributed by atoms with Crippen LogP contribution in [-0.4, -0.2) is 30.1 Å². The molecule has 0 saturated carbocycles. The second-order valence-corrected chi connectivity index (χ2v) is 10.9. The second kappa shape index (κ2) is 20.6. The highest BCUT2D eigenvalue weighted by Crippen LogP contribution is 2.19. The van der Waals surface area contributed by atoms with E-state index >= 15 is 0 Å². The van der Waals surface area contributed by atoms with Crippen LogP contribution in [0.3, 0.4) is 0 Å². The molecule has 0 rings (SSSR count). The van der Waals surface area contributed by atoms with Gasteiger partial charge in [-0.1, -0.05) is 96.0 Å². The number of hydrogen-bond acceptors (Lipinski definition) is 3. The third-order valence-corrected chi connectivity index (χ3v) is 8.41. The van der Waals surface area contributed by atoms with Crippen LogP contribution < -0.4 is 0 Å². The highest BCUT2D eigenvalue weighted by molar-refractivity contribution is 6.60. The Bertz CT molecular complexity index is 298. The van der Waals surface area contributed by atoms with Gasteiger partial charge in [-0.15, -0.1) is 6.58 Å². The Morgan fingerprint density at radius 1 is 0.519 bits per heavy atom. The Morgan fingerprint density at radius 3 is 1.11 bits per heavy atom. The molecule has 0 aliphatic rings. The van der Waals surface area contributed by atoms with Crippen molar-refractivity contribution >= 4 is 8.80 Å². The molecule has 0 radical (unpaired) electrons. The molecule has 0 aliphatic heterocycles. The Kier molecular flexibility index (Phi) is 20.4. The van der Waals surface area contributed by atoms with E-state index in [9.17, 15) is 0 Å². The molecule has 27 heavy (non-hydrogen) atoms. The topological polar surface area (TPSA) is 27.7 Å². The first kappa shape index (κ1) is 26.8. The summed E-state index contributed by atoms with van der Waals surface area (Å²) in [5.74, 6) is 0. The quantitative estimate of drug-likeness (QED) is 0.106. The second-order valence-electron chi connectivity index (χ2n) is 7.78. The zero-order valence-corrected chi connectivity index (χ0v) is 19.7. The Balaban J connectivity index is 3.20. The predicted octanol–water partition coefficient (Wildman–Crippen LogP) is 7.68. The van der Waals surface area contributed by atoms with E-state index in [0.29, 0.717) is 0 Å². The van der Waals surface area contributed by atoms with Gasteiger partial charge in [-0.2, -0.15) is 0 Å². The van der Waals surface area contributed by atoms with Crippen molar-refractivity contribution in [2.24, 2.45) is 0 Å². The summed E-state index contributed by atoms with van der Waals surface area (Å²) in [7, 11) is 2.77. The summed E-state index contributed by atoms with van der Waals surface area (Å²) < 4.78 is 16.4. The van der Waals surface area contributed by atoms with Gasteiger partial charge in [0.1, 0.15) is 0 Å². The van der Waals surface area contributed by atoms with Gasteiger partial charge < -0.3 is 13.3 Å². The largest absolute Gasteiger partial charge is 0.500 e. The van der Waals surface area contributed by atoms with E-state index in [1.54, 1.807) is 21.3 Å². The first-order valence-corrected chi connectivity index (χ1v) is 13.4. The summed E-state index contributed by atoms with van der Waals surface area (Å²) in [5, 5.41) is 0. The van der Waals surface area contributed by atoms with Crippen molar-refractivity contribution in [3.05, 3.63) is 12.7 Å². The maximum Gasteiger partial charge on any atom is 0.500 e. The van der Waals surface area contributed by atoms with Crippen molar-refractivity contribution < 1.29 is 13.3 Å². The molecular weight excluding hydrogens is 352 g/mol. The number of rotatable bonds is 22. The van der Waals surface area contributed by atoms with E-state index in [0.717, 1.165) is 12.5 Å². The molecule has 0 N–H and O–H groups in total. The first-order chi connectivity index (χ1) is 13.2. The van der Waals surface area contributed by atoms with Crippen LogP contribution in [0, 0.1) is 0 Å². The summed E-state index contributed by atoms with van der Waals surface area (Å²) in [4.78, 5) is 0. The van der Waals surface area contributed by atoms with Crippen LogP contribution in [0.1, 0.15) is 109 Å². The van der Waals surface area contributed by atoms with Gasteiger partial charge in [0.05, 0.1) is 0 Å². The molecule has 0 amide bonds. The summed E-state index contributed by atoms with van der Waals surface area (Å²) in [6.07, 6.45) is 25.3. The fraction of sp³-hybridized carbons (Fsp3) is 0.913. The van der Waals surface area contributed by atoms with Crippen molar-refractivity contribution in [1.82, 2.24) is 0 Å². The molecule has 0 unspecified atom stereocenters. The van der Waals surface area contributed by atoms with Crippen LogP contribution in [0.5, 0.6) is 0 Å². The van der Waals surface area contributed by atoms with Crippen molar-refractivity contribution in [2.45, 2.75) is 115 Å². The van der Waals surface area contributed by atoms with E-state index in [1.807, 2.05) is 6.08 Å². The van der Waals surface area contributed by atoms with Crippen molar-refractivity contribution in [2.75, 3.05) is 21.3 Å². The van der Waals surface area contributed by atoms with Gasteiger partial charge in [0.25, 0.3) is 0 Å². The van der Waals surface area contributed by atoms with Crippen LogP contribution >= 0.6 is 0 Å². The van der Waals surface area contributed by atoms with Crippen LogP contribution in [-0.2, 0) is 13.3 Å². The smallest absolute Gasteiger partial charge is 0.377 e. The lowest BCUT2D eigenvalue weighted by Crippen LogP contribution is -2.42. The lowest BCUT2D eigenvalue weighted by molar-refractivity contribution is 0.122.